The van der Waals surface area contributed by atoms with Crippen molar-refractivity contribution in [2.75, 3.05) is 26.2 Å². The lowest BCUT2D eigenvalue weighted by Crippen LogP contribution is -2.67. The van der Waals surface area contributed by atoms with Gasteiger partial charge in [0.15, 0.2) is 5.82 Å². The Bertz CT molecular complexity index is 966. The first-order valence-corrected chi connectivity index (χ1v) is 12.1. The highest BCUT2D eigenvalue weighted by molar-refractivity contribution is 7.09. The minimum atomic E-state index is 0.0977. The largest absolute Gasteiger partial charge is 0.323 e. The Morgan fingerprint density at radius 2 is 1.87 bits per heavy atom. The van der Waals surface area contributed by atoms with Gasteiger partial charge >= 0.3 is 6.03 Å². The molecule has 0 N–H and O–H groups in total. The molecule has 0 aromatic carbocycles. The Morgan fingerprint density at radius 3 is 2.50 bits per heavy atom. The highest BCUT2D eigenvalue weighted by Crippen LogP contribution is 2.54. The minimum absolute atomic E-state index is 0.0977. The van der Waals surface area contributed by atoms with Crippen molar-refractivity contribution >= 4 is 17.4 Å². The molecule has 0 unspecified atom stereocenters. The smallest absolute Gasteiger partial charge is 0.320 e. The molecule has 2 aromatic heterocycles. The lowest BCUT2D eigenvalue weighted by molar-refractivity contribution is -0.0772. The van der Waals surface area contributed by atoms with E-state index in [4.69, 9.17) is 4.98 Å². The van der Waals surface area contributed by atoms with Crippen molar-refractivity contribution < 1.29 is 4.79 Å². The normalized spacial score (nSPS) is 24.0. The number of urea groups is 1. The van der Waals surface area contributed by atoms with E-state index in [1.165, 1.54) is 17.8 Å². The van der Waals surface area contributed by atoms with Gasteiger partial charge in [0.25, 0.3) is 0 Å². The number of hydrogen-bond donors (Lipinski definition) is 0. The number of carbonyl (C=O) groups excluding carboxylic acids is 1. The SMILES string of the molecule is CC(C)(C)c1nc(C2CN(C(=O)N3CC4(CC(n5cnc(C6CC6)n5)C4)C3)C2)cs1. The summed E-state index contributed by atoms with van der Waals surface area (Å²) >= 11 is 1.74. The van der Waals surface area contributed by atoms with Gasteiger partial charge in [-0.3, -0.25) is 0 Å². The molecule has 0 bridgehead atoms. The van der Waals surface area contributed by atoms with Crippen LogP contribution in [0.3, 0.4) is 0 Å². The molecule has 2 aromatic rings. The molecule has 2 aliphatic heterocycles. The van der Waals surface area contributed by atoms with Gasteiger partial charge in [0.2, 0.25) is 0 Å². The molecule has 1 spiro atoms. The zero-order valence-corrected chi connectivity index (χ0v) is 18.9. The fraction of sp³-hybridized carbons (Fsp3) is 0.727. The van der Waals surface area contributed by atoms with E-state index < -0.39 is 0 Å². The molecule has 2 saturated carbocycles. The predicted molar refractivity (Wildman–Crippen MR) is 115 cm³/mol. The van der Waals surface area contributed by atoms with Crippen LogP contribution in [0.5, 0.6) is 0 Å². The summed E-state index contributed by atoms with van der Waals surface area (Å²) in [4.78, 5) is 26.2. The van der Waals surface area contributed by atoms with Gasteiger partial charge in [-0.05, 0) is 25.7 Å². The number of aromatic nitrogens is 4. The first-order chi connectivity index (χ1) is 14.3. The number of thiazole rings is 1. The van der Waals surface area contributed by atoms with Crippen molar-refractivity contribution in [1.82, 2.24) is 29.5 Å². The van der Waals surface area contributed by atoms with Crippen molar-refractivity contribution in [2.24, 2.45) is 5.41 Å². The van der Waals surface area contributed by atoms with Crippen molar-refractivity contribution in [2.45, 2.75) is 69.7 Å². The molecule has 0 radical (unpaired) electrons. The van der Waals surface area contributed by atoms with E-state index in [-0.39, 0.29) is 11.4 Å². The minimum Gasteiger partial charge on any atom is -0.323 e. The van der Waals surface area contributed by atoms with Crippen molar-refractivity contribution in [3.63, 3.8) is 0 Å². The van der Waals surface area contributed by atoms with Crippen LogP contribution in [0.25, 0.3) is 0 Å². The summed E-state index contributed by atoms with van der Waals surface area (Å²) in [5, 5.41) is 8.05. The Hall–Kier alpha value is -1.96. The van der Waals surface area contributed by atoms with Crippen LogP contribution in [0, 0.1) is 5.41 Å². The van der Waals surface area contributed by atoms with Gasteiger partial charge in [-0.15, -0.1) is 11.3 Å². The van der Waals surface area contributed by atoms with Gasteiger partial charge in [-0.2, -0.15) is 5.10 Å². The molecule has 4 fully saturated rings. The summed E-state index contributed by atoms with van der Waals surface area (Å²) in [6, 6.07) is 0.681. The molecule has 2 saturated heterocycles. The lowest BCUT2D eigenvalue weighted by Gasteiger charge is -2.59. The standard InChI is InChI=1S/C22H30N6OS/c1-21(2,3)19-24-17(10-30-19)15-8-26(9-15)20(29)27-11-22(12-27)6-16(7-22)28-13-23-18(25-28)14-4-5-14/h10,13-16H,4-9,11-12H2,1-3H3. The second kappa shape index (κ2) is 6.28. The number of amides is 2. The Labute approximate surface area is 181 Å². The summed E-state index contributed by atoms with van der Waals surface area (Å²) in [5.74, 6) is 2.04. The maximum atomic E-state index is 12.8. The third-order valence-corrected chi connectivity index (χ3v) is 8.52. The van der Waals surface area contributed by atoms with Crippen LogP contribution in [-0.2, 0) is 5.41 Å². The van der Waals surface area contributed by atoms with Crippen molar-refractivity contribution in [3.05, 3.63) is 28.2 Å². The monoisotopic (exact) mass is 426 g/mol. The van der Waals surface area contributed by atoms with Crippen LogP contribution in [0.15, 0.2) is 11.7 Å². The van der Waals surface area contributed by atoms with Crippen LogP contribution in [-0.4, -0.2) is 61.8 Å². The van der Waals surface area contributed by atoms with E-state index in [1.54, 1.807) is 11.3 Å². The average molecular weight is 427 g/mol. The summed E-state index contributed by atoms with van der Waals surface area (Å²) in [6.07, 6.45) is 6.65. The molecule has 0 atom stereocenters. The molecule has 160 valence electrons. The molecule has 2 amide bonds. The molecule has 6 rings (SSSR count). The first kappa shape index (κ1) is 18.8. The maximum absolute atomic E-state index is 12.8. The van der Waals surface area contributed by atoms with Crippen LogP contribution in [0.4, 0.5) is 4.79 Å². The molecule has 4 heterocycles. The molecular formula is C22H30N6OS. The third-order valence-electron chi connectivity index (χ3n) is 7.24. The van der Waals surface area contributed by atoms with E-state index in [9.17, 15) is 4.79 Å². The molecule has 7 nitrogen and oxygen atoms in total. The van der Waals surface area contributed by atoms with E-state index in [0.717, 1.165) is 50.5 Å². The summed E-state index contributed by atoms with van der Waals surface area (Å²) in [6.45, 7) is 10.0. The highest BCUT2D eigenvalue weighted by Gasteiger charge is 2.55. The van der Waals surface area contributed by atoms with E-state index in [2.05, 4.69) is 40.9 Å². The average Bonchev–Trinajstić information content (AvgIpc) is 3.10. The van der Waals surface area contributed by atoms with Crippen LogP contribution in [0.2, 0.25) is 0 Å². The summed E-state index contributed by atoms with van der Waals surface area (Å²) < 4.78 is 2.07. The van der Waals surface area contributed by atoms with Gasteiger partial charge in [0, 0.05) is 54.2 Å². The van der Waals surface area contributed by atoms with Crippen molar-refractivity contribution in [1.29, 1.82) is 0 Å². The van der Waals surface area contributed by atoms with Gasteiger partial charge in [0.1, 0.15) is 6.33 Å². The van der Waals surface area contributed by atoms with Gasteiger partial charge in [0.05, 0.1) is 16.7 Å². The lowest BCUT2D eigenvalue weighted by atomic mass is 9.61. The number of nitrogens with zero attached hydrogens (tertiary/aromatic N) is 6. The second-order valence-electron chi connectivity index (χ2n) is 11.0. The third kappa shape index (κ3) is 3.06. The fourth-order valence-corrected chi connectivity index (χ4v) is 6.11. The second-order valence-corrected chi connectivity index (χ2v) is 11.8. The first-order valence-electron chi connectivity index (χ1n) is 11.2. The fourth-order valence-electron chi connectivity index (χ4n) is 5.12. The number of carbonyl (C=O) groups is 1. The molecule has 30 heavy (non-hydrogen) atoms. The Morgan fingerprint density at radius 1 is 1.13 bits per heavy atom. The number of hydrogen-bond acceptors (Lipinski definition) is 5. The molecular weight excluding hydrogens is 396 g/mol. The summed E-state index contributed by atoms with van der Waals surface area (Å²) in [7, 11) is 0. The Balaban J connectivity index is 0.978. The quantitative estimate of drug-likeness (QED) is 0.749. The van der Waals surface area contributed by atoms with E-state index in [0.29, 0.717) is 23.3 Å². The number of likely N-dealkylation sites (tertiary alicyclic amines) is 2. The van der Waals surface area contributed by atoms with Crippen LogP contribution >= 0.6 is 11.3 Å². The topological polar surface area (TPSA) is 67.2 Å². The molecule has 4 aliphatic rings. The van der Waals surface area contributed by atoms with E-state index in [1.807, 2.05) is 16.1 Å². The zero-order valence-electron chi connectivity index (χ0n) is 18.0. The maximum Gasteiger partial charge on any atom is 0.320 e. The van der Waals surface area contributed by atoms with Gasteiger partial charge in [-0.1, -0.05) is 20.8 Å². The number of rotatable bonds is 3. The van der Waals surface area contributed by atoms with Gasteiger partial charge < -0.3 is 9.80 Å². The Kier molecular flexibility index (Phi) is 3.93. The van der Waals surface area contributed by atoms with Crippen LogP contribution < -0.4 is 0 Å². The van der Waals surface area contributed by atoms with Gasteiger partial charge in [-0.25, -0.2) is 19.4 Å². The summed E-state index contributed by atoms with van der Waals surface area (Å²) in [5.41, 5.74) is 1.59. The molecule has 8 heteroatoms. The van der Waals surface area contributed by atoms with Crippen molar-refractivity contribution in [3.8, 4) is 0 Å². The van der Waals surface area contributed by atoms with Crippen LogP contribution in [0.1, 0.15) is 80.9 Å². The highest BCUT2D eigenvalue weighted by atomic mass is 32.1. The van der Waals surface area contributed by atoms with E-state index >= 15 is 0 Å². The molecule has 2 aliphatic carbocycles. The zero-order chi connectivity index (χ0) is 20.7. The predicted octanol–water partition coefficient (Wildman–Crippen LogP) is 3.77.